The van der Waals surface area contributed by atoms with Gasteiger partial charge >= 0.3 is 0 Å². The zero-order chi connectivity index (χ0) is 12.4. The highest BCUT2D eigenvalue weighted by Gasteiger charge is 2.23. The highest BCUT2D eigenvalue weighted by molar-refractivity contribution is 9.10. The minimum Gasteiger partial charge on any atom is -0.374 e. The van der Waals surface area contributed by atoms with Gasteiger partial charge in [0.1, 0.15) is 0 Å². The first-order valence-electron chi connectivity index (χ1n) is 6.31. The average molecular weight is 297 g/mol. The SMILES string of the molecule is CC(N)Cc1cc(Br)ccc1N(C)CC1CC1. The Morgan fingerprint density at radius 2 is 2.18 bits per heavy atom. The van der Waals surface area contributed by atoms with Crippen LogP contribution >= 0.6 is 15.9 Å². The number of benzene rings is 1. The monoisotopic (exact) mass is 296 g/mol. The highest BCUT2D eigenvalue weighted by atomic mass is 79.9. The average Bonchev–Trinajstić information content (AvgIpc) is 3.00. The molecule has 1 aliphatic carbocycles. The highest BCUT2D eigenvalue weighted by Crippen LogP contribution is 2.32. The van der Waals surface area contributed by atoms with Gasteiger partial charge in [0.25, 0.3) is 0 Å². The van der Waals surface area contributed by atoms with Gasteiger partial charge in [-0.2, -0.15) is 0 Å². The van der Waals surface area contributed by atoms with Crippen molar-refractivity contribution in [2.75, 3.05) is 18.5 Å². The predicted octanol–water partition coefficient (Wildman–Crippen LogP) is 3.19. The lowest BCUT2D eigenvalue weighted by Crippen LogP contribution is -2.24. The van der Waals surface area contributed by atoms with Crippen molar-refractivity contribution in [1.29, 1.82) is 0 Å². The van der Waals surface area contributed by atoms with E-state index in [2.05, 4.69) is 53.0 Å². The number of hydrogen-bond acceptors (Lipinski definition) is 2. The van der Waals surface area contributed by atoms with Crippen LogP contribution in [0.4, 0.5) is 5.69 Å². The number of nitrogens with two attached hydrogens (primary N) is 1. The lowest BCUT2D eigenvalue weighted by atomic mass is 10.0. The van der Waals surface area contributed by atoms with Gasteiger partial charge in [-0.05, 0) is 55.9 Å². The van der Waals surface area contributed by atoms with Gasteiger partial charge in [0.05, 0.1) is 0 Å². The fourth-order valence-corrected chi connectivity index (χ4v) is 2.63. The van der Waals surface area contributed by atoms with Crippen molar-refractivity contribution in [1.82, 2.24) is 0 Å². The molecule has 2 rings (SSSR count). The quantitative estimate of drug-likeness (QED) is 0.904. The van der Waals surface area contributed by atoms with E-state index in [0.717, 1.165) is 16.8 Å². The summed E-state index contributed by atoms with van der Waals surface area (Å²) in [5, 5.41) is 0. The molecule has 2 N–H and O–H groups in total. The van der Waals surface area contributed by atoms with Crippen LogP contribution in [0.5, 0.6) is 0 Å². The molecule has 0 heterocycles. The van der Waals surface area contributed by atoms with Crippen LogP contribution in [0, 0.1) is 5.92 Å². The van der Waals surface area contributed by atoms with E-state index < -0.39 is 0 Å². The Morgan fingerprint density at radius 1 is 1.47 bits per heavy atom. The molecule has 1 aromatic rings. The lowest BCUT2D eigenvalue weighted by molar-refractivity contribution is 0.727. The van der Waals surface area contributed by atoms with E-state index in [1.165, 1.54) is 30.6 Å². The van der Waals surface area contributed by atoms with Crippen LogP contribution in [-0.2, 0) is 6.42 Å². The summed E-state index contributed by atoms with van der Waals surface area (Å²) in [6, 6.07) is 6.72. The van der Waals surface area contributed by atoms with Gasteiger partial charge in [-0.1, -0.05) is 15.9 Å². The van der Waals surface area contributed by atoms with Gasteiger partial charge in [-0.25, -0.2) is 0 Å². The number of halogens is 1. The van der Waals surface area contributed by atoms with Crippen LogP contribution in [0.25, 0.3) is 0 Å². The Morgan fingerprint density at radius 3 is 2.76 bits per heavy atom. The molecular formula is C14H21BrN2. The van der Waals surface area contributed by atoms with Gasteiger partial charge in [-0.15, -0.1) is 0 Å². The molecule has 1 fully saturated rings. The Labute approximate surface area is 112 Å². The summed E-state index contributed by atoms with van der Waals surface area (Å²) in [6.07, 6.45) is 3.72. The minimum atomic E-state index is 0.206. The minimum absolute atomic E-state index is 0.206. The van der Waals surface area contributed by atoms with E-state index in [1.54, 1.807) is 0 Å². The van der Waals surface area contributed by atoms with Gasteiger partial charge < -0.3 is 10.6 Å². The first-order valence-corrected chi connectivity index (χ1v) is 7.10. The molecule has 1 aromatic carbocycles. The summed E-state index contributed by atoms with van der Waals surface area (Å²) in [6.45, 7) is 3.24. The maximum atomic E-state index is 5.92. The third-order valence-electron chi connectivity index (χ3n) is 3.22. The topological polar surface area (TPSA) is 29.3 Å². The van der Waals surface area contributed by atoms with Crippen molar-refractivity contribution in [3.63, 3.8) is 0 Å². The number of nitrogens with zero attached hydrogens (tertiary/aromatic N) is 1. The summed E-state index contributed by atoms with van der Waals surface area (Å²) in [5.74, 6) is 0.909. The molecule has 1 atom stereocenters. The van der Waals surface area contributed by atoms with Gasteiger partial charge in [0.15, 0.2) is 0 Å². The predicted molar refractivity (Wildman–Crippen MR) is 77.5 cm³/mol. The van der Waals surface area contributed by atoms with E-state index >= 15 is 0 Å². The molecule has 1 unspecified atom stereocenters. The van der Waals surface area contributed by atoms with Crippen molar-refractivity contribution < 1.29 is 0 Å². The largest absolute Gasteiger partial charge is 0.374 e. The van der Waals surface area contributed by atoms with Crippen molar-refractivity contribution in [2.45, 2.75) is 32.2 Å². The van der Waals surface area contributed by atoms with Crippen LogP contribution in [0.3, 0.4) is 0 Å². The standard InChI is InChI=1S/C14H21BrN2/c1-10(16)7-12-8-13(15)5-6-14(12)17(2)9-11-3-4-11/h5-6,8,10-11H,3-4,7,9,16H2,1-2H3. The molecule has 0 radical (unpaired) electrons. The number of anilines is 1. The molecule has 0 spiro atoms. The van der Waals surface area contributed by atoms with E-state index in [-0.39, 0.29) is 6.04 Å². The molecule has 1 saturated carbocycles. The fourth-order valence-electron chi connectivity index (χ4n) is 2.22. The van der Waals surface area contributed by atoms with E-state index in [0.29, 0.717) is 0 Å². The molecule has 2 nitrogen and oxygen atoms in total. The van der Waals surface area contributed by atoms with Crippen LogP contribution in [-0.4, -0.2) is 19.6 Å². The van der Waals surface area contributed by atoms with Crippen molar-refractivity contribution in [2.24, 2.45) is 11.7 Å². The Bertz CT molecular complexity index is 386. The summed E-state index contributed by atoms with van der Waals surface area (Å²) < 4.78 is 1.14. The summed E-state index contributed by atoms with van der Waals surface area (Å²) in [7, 11) is 2.19. The van der Waals surface area contributed by atoms with Gasteiger partial charge in [0, 0.05) is 29.8 Å². The first-order chi connectivity index (χ1) is 8.06. The second kappa shape index (κ2) is 5.40. The molecule has 0 saturated heterocycles. The maximum absolute atomic E-state index is 5.92. The van der Waals surface area contributed by atoms with Crippen molar-refractivity contribution in [3.8, 4) is 0 Å². The summed E-state index contributed by atoms with van der Waals surface area (Å²) in [4.78, 5) is 2.38. The summed E-state index contributed by atoms with van der Waals surface area (Å²) >= 11 is 3.54. The Balaban J connectivity index is 2.17. The Kier molecular flexibility index (Phi) is 4.10. The smallest absolute Gasteiger partial charge is 0.0397 e. The molecular weight excluding hydrogens is 276 g/mol. The molecule has 1 aliphatic rings. The van der Waals surface area contributed by atoms with Crippen LogP contribution < -0.4 is 10.6 Å². The number of hydrogen-bond donors (Lipinski definition) is 1. The molecule has 94 valence electrons. The molecule has 0 bridgehead atoms. The van der Waals surface area contributed by atoms with Crippen molar-refractivity contribution >= 4 is 21.6 Å². The molecule has 0 amide bonds. The van der Waals surface area contributed by atoms with Gasteiger partial charge in [-0.3, -0.25) is 0 Å². The van der Waals surface area contributed by atoms with Crippen LogP contribution in [0.15, 0.2) is 22.7 Å². The first kappa shape index (κ1) is 12.9. The maximum Gasteiger partial charge on any atom is 0.0397 e. The second-order valence-corrected chi connectivity index (χ2v) is 6.19. The number of rotatable bonds is 5. The van der Waals surface area contributed by atoms with E-state index in [4.69, 9.17) is 5.73 Å². The molecule has 17 heavy (non-hydrogen) atoms. The molecule has 0 aliphatic heterocycles. The van der Waals surface area contributed by atoms with E-state index in [9.17, 15) is 0 Å². The lowest BCUT2D eigenvalue weighted by Gasteiger charge is -2.23. The molecule has 3 heteroatoms. The zero-order valence-corrected chi connectivity index (χ0v) is 12.2. The molecule has 0 aromatic heterocycles. The third-order valence-corrected chi connectivity index (χ3v) is 3.72. The van der Waals surface area contributed by atoms with Gasteiger partial charge in [0.2, 0.25) is 0 Å². The van der Waals surface area contributed by atoms with Crippen molar-refractivity contribution in [3.05, 3.63) is 28.2 Å². The zero-order valence-electron chi connectivity index (χ0n) is 10.6. The Hall–Kier alpha value is -0.540. The van der Waals surface area contributed by atoms with Crippen LogP contribution in [0.2, 0.25) is 0 Å². The second-order valence-electron chi connectivity index (χ2n) is 5.28. The summed E-state index contributed by atoms with van der Waals surface area (Å²) in [5.41, 5.74) is 8.60. The normalized spacial score (nSPS) is 16.9. The van der Waals surface area contributed by atoms with Crippen LogP contribution in [0.1, 0.15) is 25.3 Å². The fraction of sp³-hybridized carbons (Fsp3) is 0.571. The van der Waals surface area contributed by atoms with E-state index in [1.807, 2.05) is 0 Å². The third kappa shape index (κ3) is 3.71.